The third-order valence-corrected chi connectivity index (χ3v) is 6.77. The molecule has 184 valence electrons. The van der Waals surface area contributed by atoms with Gasteiger partial charge in [0.25, 0.3) is 5.91 Å². The van der Waals surface area contributed by atoms with Crippen molar-refractivity contribution in [1.82, 2.24) is 25.0 Å². The van der Waals surface area contributed by atoms with Crippen LogP contribution in [0.3, 0.4) is 0 Å². The molecule has 0 spiro atoms. The molecule has 9 heteroatoms. The molecule has 1 unspecified atom stereocenters. The van der Waals surface area contributed by atoms with Gasteiger partial charge in [-0.15, -0.1) is 0 Å². The maximum absolute atomic E-state index is 13.1. The second kappa shape index (κ2) is 9.02. The van der Waals surface area contributed by atoms with E-state index in [4.69, 9.17) is 4.74 Å². The van der Waals surface area contributed by atoms with Crippen molar-refractivity contribution < 1.29 is 19.1 Å². The van der Waals surface area contributed by atoms with Gasteiger partial charge in [-0.1, -0.05) is 6.07 Å². The molecule has 1 saturated heterocycles. The van der Waals surface area contributed by atoms with Gasteiger partial charge in [0.1, 0.15) is 17.5 Å². The first-order valence-electron chi connectivity index (χ1n) is 12.0. The predicted octanol–water partition coefficient (Wildman–Crippen LogP) is 3.70. The van der Waals surface area contributed by atoms with E-state index in [0.717, 1.165) is 27.9 Å². The molecule has 0 radical (unpaired) electrons. The van der Waals surface area contributed by atoms with E-state index in [1.807, 2.05) is 66.5 Å². The number of imide groups is 1. The smallest absolute Gasteiger partial charge is 0.255 e. The lowest BCUT2D eigenvalue weighted by molar-refractivity contribution is -0.136. The number of nitrogens with one attached hydrogen (secondary N) is 1. The minimum absolute atomic E-state index is 0.188. The Bertz CT molecular complexity index is 1530. The monoisotopic (exact) mass is 493 g/mol. The lowest BCUT2D eigenvalue weighted by Gasteiger charge is -2.29. The number of rotatable bonds is 5. The first-order chi connectivity index (χ1) is 18.0. The third-order valence-electron chi connectivity index (χ3n) is 6.77. The van der Waals surface area contributed by atoms with E-state index in [0.29, 0.717) is 30.0 Å². The van der Waals surface area contributed by atoms with Crippen LogP contribution in [0.2, 0.25) is 0 Å². The van der Waals surface area contributed by atoms with Crippen LogP contribution in [-0.4, -0.2) is 43.4 Å². The van der Waals surface area contributed by atoms with Crippen LogP contribution >= 0.6 is 0 Å². The zero-order chi connectivity index (χ0) is 25.5. The van der Waals surface area contributed by atoms with Gasteiger partial charge >= 0.3 is 0 Å². The molecule has 2 aliphatic heterocycles. The van der Waals surface area contributed by atoms with Gasteiger partial charge in [0.15, 0.2) is 0 Å². The zero-order valence-corrected chi connectivity index (χ0v) is 20.0. The van der Waals surface area contributed by atoms with Crippen molar-refractivity contribution in [2.45, 2.75) is 25.4 Å². The largest absolute Gasteiger partial charge is 0.456 e. The number of nitrogens with zero attached hydrogens (tertiary/aromatic N) is 4. The molecule has 4 aromatic rings. The molecular formula is C28H23N5O4. The molecule has 2 aliphatic rings. The number of benzene rings is 2. The van der Waals surface area contributed by atoms with Crippen molar-refractivity contribution >= 4 is 17.7 Å². The Morgan fingerprint density at radius 1 is 0.946 bits per heavy atom. The van der Waals surface area contributed by atoms with Crippen LogP contribution in [0.1, 0.15) is 28.8 Å². The number of piperidine rings is 1. The molecule has 9 nitrogen and oxygen atoms in total. The average molecular weight is 494 g/mol. The van der Waals surface area contributed by atoms with Crippen LogP contribution in [0, 0.1) is 0 Å². The average Bonchev–Trinajstić information content (AvgIpc) is 3.44. The first-order valence-corrected chi connectivity index (χ1v) is 12.0. The minimum atomic E-state index is -0.637. The van der Waals surface area contributed by atoms with Gasteiger partial charge in [0.2, 0.25) is 11.8 Å². The normalized spacial score (nSPS) is 17.1. The summed E-state index contributed by atoms with van der Waals surface area (Å²) in [6.07, 6.45) is 5.73. The maximum Gasteiger partial charge on any atom is 0.255 e. The molecule has 1 N–H and O–H groups in total. The van der Waals surface area contributed by atoms with E-state index in [9.17, 15) is 14.4 Å². The summed E-state index contributed by atoms with van der Waals surface area (Å²) in [5, 5.41) is 6.83. The van der Waals surface area contributed by atoms with Gasteiger partial charge < -0.3 is 9.64 Å². The summed E-state index contributed by atoms with van der Waals surface area (Å²) in [6, 6.07) is 16.5. The van der Waals surface area contributed by atoms with Crippen molar-refractivity contribution in [3.63, 3.8) is 0 Å². The first kappa shape index (κ1) is 22.7. The lowest BCUT2D eigenvalue weighted by atomic mass is 9.98. The van der Waals surface area contributed by atoms with Crippen LogP contribution in [0.5, 0.6) is 11.5 Å². The summed E-state index contributed by atoms with van der Waals surface area (Å²) >= 11 is 0. The van der Waals surface area contributed by atoms with Crippen LogP contribution in [-0.2, 0) is 23.2 Å². The fourth-order valence-electron chi connectivity index (χ4n) is 4.96. The molecule has 0 aliphatic carbocycles. The number of hydrogen-bond donors (Lipinski definition) is 1. The van der Waals surface area contributed by atoms with E-state index in [1.54, 1.807) is 23.4 Å². The Morgan fingerprint density at radius 3 is 2.51 bits per heavy atom. The second-order valence-electron chi connectivity index (χ2n) is 9.12. The molecule has 3 amide bonds. The number of pyridine rings is 1. The summed E-state index contributed by atoms with van der Waals surface area (Å²) in [6.45, 7) is 0.324. The van der Waals surface area contributed by atoms with E-state index < -0.39 is 11.9 Å². The lowest BCUT2D eigenvalue weighted by Crippen LogP contribution is -2.52. The van der Waals surface area contributed by atoms with E-state index >= 15 is 0 Å². The van der Waals surface area contributed by atoms with Gasteiger partial charge in [0, 0.05) is 42.9 Å². The number of aromatic nitrogens is 3. The molecule has 2 aromatic carbocycles. The predicted molar refractivity (Wildman–Crippen MR) is 134 cm³/mol. The van der Waals surface area contributed by atoms with Crippen molar-refractivity contribution in [2.75, 3.05) is 0 Å². The summed E-state index contributed by atoms with van der Waals surface area (Å²) in [4.78, 5) is 42.6. The van der Waals surface area contributed by atoms with E-state index in [2.05, 4.69) is 15.4 Å². The van der Waals surface area contributed by atoms with Gasteiger partial charge in [-0.25, -0.2) is 0 Å². The molecule has 4 heterocycles. The van der Waals surface area contributed by atoms with E-state index in [-0.39, 0.29) is 18.2 Å². The Kier molecular flexibility index (Phi) is 5.52. The fraction of sp³-hybridized carbons (Fsp3) is 0.179. The van der Waals surface area contributed by atoms with Crippen LogP contribution in [0.4, 0.5) is 0 Å². The molecule has 1 fully saturated rings. The molecular weight excluding hydrogens is 470 g/mol. The highest BCUT2D eigenvalue weighted by Gasteiger charge is 2.39. The SMILES string of the molecule is Cn1ncc(-c2ccc3c(c2)CN(C2CCC(=O)NC2=O)C3=O)c1-c1ccc(Oc2cccnc2)cc1. The van der Waals surface area contributed by atoms with Crippen LogP contribution < -0.4 is 10.1 Å². The highest BCUT2D eigenvalue weighted by Crippen LogP contribution is 2.36. The fourth-order valence-corrected chi connectivity index (χ4v) is 4.96. The number of fused-ring (bicyclic) bond motifs is 1. The van der Waals surface area contributed by atoms with Crippen molar-refractivity contribution in [3.05, 3.63) is 84.3 Å². The number of carbonyl (C=O) groups is 3. The van der Waals surface area contributed by atoms with E-state index in [1.165, 1.54) is 0 Å². The Hall–Kier alpha value is -4.79. The minimum Gasteiger partial charge on any atom is -0.456 e. The summed E-state index contributed by atoms with van der Waals surface area (Å²) in [5.74, 6) is 0.462. The zero-order valence-electron chi connectivity index (χ0n) is 20.0. The molecule has 1 atom stereocenters. The maximum atomic E-state index is 13.1. The number of amides is 3. The van der Waals surface area contributed by atoms with Crippen LogP contribution in [0.25, 0.3) is 22.4 Å². The Balaban J connectivity index is 1.27. The highest BCUT2D eigenvalue weighted by atomic mass is 16.5. The van der Waals surface area contributed by atoms with Gasteiger partial charge in [-0.2, -0.15) is 5.10 Å². The van der Waals surface area contributed by atoms with Crippen molar-refractivity contribution in [1.29, 1.82) is 0 Å². The second-order valence-corrected chi connectivity index (χ2v) is 9.12. The molecule has 37 heavy (non-hydrogen) atoms. The van der Waals surface area contributed by atoms with Gasteiger partial charge in [-0.05, 0) is 66.1 Å². The molecule has 6 rings (SSSR count). The number of ether oxygens (including phenoxy) is 1. The summed E-state index contributed by atoms with van der Waals surface area (Å²) in [5.41, 5.74) is 5.18. The Labute approximate surface area is 212 Å². The van der Waals surface area contributed by atoms with Crippen molar-refractivity contribution in [3.8, 4) is 33.9 Å². The summed E-state index contributed by atoms with van der Waals surface area (Å²) < 4.78 is 7.68. The van der Waals surface area contributed by atoms with Gasteiger partial charge in [0.05, 0.1) is 18.1 Å². The molecule has 0 bridgehead atoms. The topological polar surface area (TPSA) is 106 Å². The third kappa shape index (κ3) is 4.14. The Morgan fingerprint density at radius 2 is 1.76 bits per heavy atom. The highest BCUT2D eigenvalue weighted by molar-refractivity contribution is 6.05. The van der Waals surface area contributed by atoms with Gasteiger partial charge in [-0.3, -0.25) is 29.4 Å². The van der Waals surface area contributed by atoms with Crippen molar-refractivity contribution in [2.24, 2.45) is 7.05 Å². The molecule has 0 saturated carbocycles. The quantitative estimate of drug-likeness (QED) is 0.425. The van der Waals surface area contributed by atoms with Crippen LogP contribution in [0.15, 0.2) is 73.2 Å². The number of aryl methyl sites for hydroxylation is 1. The summed E-state index contributed by atoms with van der Waals surface area (Å²) in [7, 11) is 1.89. The molecule has 2 aromatic heterocycles. The standard InChI is InChI=1S/C28H23N5O4/c1-32-26(17-4-7-20(8-5-17)37-21-3-2-12-29-14-21)23(15-30-32)18-6-9-22-19(13-18)16-33(28(22)36)24-10-11-25(34)31-27(24)35/h2-9,12-15,24H,10-11,16H2,1H3,(H,31,34,35). The number of carbonyl (C=O) groups excluding carboxylic acids is 3. The number of hydrogen-bond acceptors (Lipinski definition) is 6.